The molecule has 0 aromatic carbocycles. The molecule has 7 nitrogen and oxygen atoms in total. The lowest BCUT2D eigenvalue weighted by Gasteiger charge is -2.34. The van der Waals surface area contributed by atoms with E-state index < -0.39 is 0 Å². The van der Waals surface area contributed by atoms with E-state index in [9.17, 15) is 0 Å². The van der Waals surface area contributed by atoms with Gasteiger partial charge < -0.3 is 24.8 Å². The summed E-state index contributed by atoms with van der Waals surface area (Å²) < 4.78 is 5.74. The van der Waals surface area contributed by atoms with Gasteiger partial charge in [-0.25, -0.2) is 4.98 Å². The smallest absolute Gasteiger partial charge is 0.193 e. The van der Waals surface area contributed by atoms with Crippen LogP contribution in [0.25, 0.3) is 0 Å². The molecule has 0 amide bonds. The van der Waals surface area contributed by atoms with Crippen molar-refractivity contribution < 1.29 is 4.74 Å². The molecule has 1 saturated heterocycles. The maximum Gasteiger partial charge on any atom is 0.193 e. The van der Waals surface area contributed by atoms with Crippen molar-refractivity contribution in [1.82, 2.24) is 20.1 Å². The van der Waals surface area contributed by atoms with Crippen LogP contribution in [-0.4, -0.2) is 87.3 Å². The van der Waals surface area contributed by atoms with E-state index in [0.29, 0.717) is 0 Å². The highest BCUT2D eigenvalue weighted by molar-refractivity contribution is 14.0. The van der Waals surface area contributed by atoms with Crippen molar-refractivity contribution in [1.29, 1.82) is 0 Å². The van der Waals surface area contributed by atoms with E-state index in [-0.39, 0.29) is 24.0 Å². The Balaban J connectivity index is 0.00000300. The number of hydrogen-bond acceptors (Lipinski definition) is 5. The summed E-state index contributed by atoms with van der Waals surface area (Å²) in [4.78, 5) is 16.0. The number of nitrogens with one attached hydrogen (secondary N) is 1. The lowest BCUT2D eigenvalue weighted by molar-refractivity contribution is 0.115. The normalized spacial score (nSPS) is 17.8. The second-order valence-corrected chi connectivity index (χ2v) is 7.78. The molecule has 2 fully saturated rings. The predicted molar refractivity (Wildman–Crippen MR) is 130 cm³/mol. The highest BCUT2D eigenvalue weighted by Gasteiger charge is 2.21. The van der Waals surface area contributed by atoms with Gasteiger partial charge in [-0.1, -0.05) is 6.92 Å². The van der Waals surface area contributed by atoms with Gasteiger partial charge in [0.15, 0.2) is 5.96 Å². The number of guanidine groups is 1. The number of likely N-dealkylation sites (N-methyl/N-ethyl adjacent to an activating group) is 2. The van der Waals surface area contributed by atoms with Crippen LogP contribution in [0.4, 0.5) is 5.82 Å². The molecule has 0 radical (unpaired) electrons. The Kier molecular flexibility index (Phi) is 10.4. The topological polar surface area (TPSA) is 56.2 Å². The van der Waals surface area contributed by atoms with Crippen molar-refractivity contribution in [2.24, 2.45) is 10.9 Å². The van der Waals surface area contributed by atoms with Crippen LogP contribution in [0.2, 0.25) is 0 Å². The second-order valence-electron chi connectivity index (χ2n) is 7.78. The van der Waals surface area contributed by atoms with Crippen LogP contribution in [-0.2, 0) is 11.3 Å². The van der Waals surface area contributed by atoms with Gasteiger partial charge >= 0.3 is 0 Å². The number of pyridine rings is 1. The summed E-state index contributed by atoms with van der Waals surface area (Å²) in [7, 11) is 3.89. The molecule has 0 spiro atoms. The SMILES string of the molecule is CCN1CCN(c2cc(CNC(=NC)N(C)CCOCC3CC3)ccn2)CC1.I. The van der Waals surface area contributed by atoms with Gasteiger partial charge in [0.05, 0.1) is 6.61 Å². The van der Waals surface area contributed by atoms with Crippen molar-refractivity contribution in [3.05, 3.63) is 23.9 Å². The average molecular weight is 516 g/mol. The molecule has 0 unspecified atom stereocenters. The monoisotopic (exact) mass is 516 g/mol. The molecule has 8 heteroatoms. The fourth-order valence-electron chi connectivity index (χ4n) is 3.44. The van der Waals surface area contributed by atoms with E-state index in [1.807, 2.05) is 13.2 Å². The summed E-state index contributed by atoms with van der Waals surface area (Å²) in [6.07, 6.45) is 4.58. The van der Waals surface area contributed by atoms with Gasteiger partial charge in [0.25, 0.3) is 0 Å². The Bertz CT molecular complexity index is 631. The molecule has 1 aliphatic carbocycles. The Hall–Kier alpha value is -1.13. The standard InChI is InChI=1S/C21H36N6O.HI/c1-4-26-9-11-27(12-10-26)20-15-19(7-8-23-20)16-24-21(22-2)25(3)13-14-28-17-18-5-6-18;/h7-8,15,18H,4-6,9-14,16-17H2,1-3H3,(H,22,24);1H. The Morgan fingerprint density at radius 1 is 1.31 bits per heavy atom. The Labute approximate surface area is 192 Å². The minimum absolute atomic E-state index is 0. The zero-order valence-electron chi connectivity index (χ0n) is 18.1. The number of aromatic nitrogens is 1. The summed E-state index contributed by atoms with van der Waals surface area (Å²) >= 11 is 0. The van der Waals surface area contributed by atoms with E-state index in [2.05, 4.69) is 56.1 Å². The summed E-state index contributed by atoms with van der Waals surface area (Å²) in [6.45, 7) is 10.9. The largest absolute Gasteiger partial charge is 0.379 e. The van der Waals surface area contributed by atoms with Crippen molar-refractivity contribution in [3.8, 4) is 0 Å². The van der Waals surface area contributed by atoms with Gasteiger partial charge in [-0.05, 0) is 43.0 Å². The van der Waals surface area contributed by atoms with Crippen molar-refractivity contribution >= 4 is 35.8 Å². The number of anilines is 1. The fraction of sp³-hybridized carbons (Fsp3) is 0.714. The number of nitrogens with zero attached hydrogens (tertiary/aromatic N) is 5. The maximum absolute atomic E-state index is 5.74. The van der Waals surface area contributed by atoms with E-state index in [1.54, 1.807) is 0 Å². The molecular formula is C21H37IN6O. The maximum atomic E-state index is 5.74. The van der Waals surface area contributed by atoms with Crippen LogP contribution < -0.4 is 10.2 Å². The summed E-state index contributed by atoms with van der Waals surface area (Å²) in [6, 6.07) is 4.27. The van der Waals surface area contributed by atoms with Crippen LogP contribution in [0.1, 0.15) is 25.3 Å². The van der Waals surface area contributed by atoms with E-state index >= 15 is 0 Å². The van der Waals surface area contributed by atoms with Gasteiger partial charge in [-0.3, -0.25) is 4.99 Å². The molecule has 2 aliphatic rings. The van der Waals surface area contributed by atoms with Gasteiger partial charge in [0.1, 0.15) is 5.82 Å². The third kappa shape index (κ3) is 7.90. The van der Waals surface area contributed by atoms with Gasteiger partial charge in [0.2, 0.25) is 0 Å². The molecule has 2 heterocycles. The third-order valence-corrected chi connectivity index (χ3v) is 5.60. The van der Waals surface area contributed by atoms with Gasteiger partial charge in [0, 0.05) is 66.2 Å². The summed E-state index contributed by atoms with van der Waals surface area (Å²) in [5.41, 5.74) is 1.22. The highest BCUT2D eigenvalue weighted by Crippen LogP contribution is 2.28. The molecule has 164 valence electrons. The number of hydrogen-bond donors (Lipinski definition) is 1. The van der Waals surface area contributed by atoms with Gasteiger partial charge in [-0.2, -0.15) is 0 Å². The summed E-state index contributed by atoms with van der Waals surface area (Å²) in [5, 5.41) is 3.46. The first-order valence-corrected chi connectivity index (χ1v) is 10.6. The van der Waals surface area contributed by atoms with Crippen LogP contribution in [0.3, 0.4) is 0 Å². The lowest BCUT2D eigenvalue weighted by atomic mass is 10.2. The lowest BCUT2D eigenvalue weighted by Crippen LogP contribution is -2.46. The van der Waals surface area contributed by atoms with E-state index in [4.69, 9.17) is 4.74 Å². The zero-order valence-corrected chi connectivity index (χ0v) is 20.5. The number of halogens is 1. The van der Waals surface area contributed by atoms with Crippen LogP contribution in [0.15, 0.2) is 23.3 Å². The number of rotatable bonds is 9. The first-order chi connectivity index (χ1) is 13.7. The minimum atomic E-state index is 0. The van der Waals surface area contributed by atoms with Crippen LogP contribution in [0, 0.1) is 5.92 Å². The quantitative estimate of drug-likeness (QED) is 0.235. The van der Waals surface area contributed by atoms with Crippen molar-refractivity contribution in [3.63, 3.8) is 0 Å². The van der Waals surface area contributed by atoms with E-state index in [1.165, 1.54) is 18.4 Å². The minimum Gasteiger partial charge on any atom is -0.379 e. The predicted octanol–water partition coefficient (Wildman–Crippen LogP) is 2.28. The molecule has 1 aliphatic heterocycles. The Morgan fingerprint density at radius 3 is 2.72 bits per heavy atom. The van der Waals surface area contributed by atoms with Crippen molar-refractivity contribution in [2.75, 3.05) is 71.5 Å². The highest BCUT2D eigenvalue weighted by atomic mass is 127. The molecule has 1 N–H and O–H groups in total. The average Bonchev–Trinajstić information content (AvgIpc) is 3.56. The molecule has 0 bridgehead atoms. The number of ether oxygens (including phenoxy) is 1. The van der Waals surface area contributed by atoms with Crippen LogP contribution in [0.5, 0.6) is 0 Å². The molecule has 1 saturated carbocycles. The second kappa shape index (κ2) is 12.5. The molecule has 3 rings (SSSR count). The molecule has 1 aromatic heterocycles. The fourth-order valence-corrected chi connectivity index (χ4v) is 3.44. The van der Waals surface area contributed by atoms with Crippen LogP contribution >= 0.6 is 24.0 Å². The molecule has 0 atom stereocenters. The first kappa shape index (κ1) is 24.1. The van der Waals surface area contributed by atoms with E-state index in [0.717, 1.165) is 76.7 Å². The number of piperazine rings is 1. The Morgan fingerprint density at radius 2 is 2.07 bits per heavy atom. The summed E-state index contributed by atoms with van der Waals surface area (Å²) in [5.74, 6) is 2.78. The number of aliphatic imine (C=N–C) groups is 1. The third-order valence-electron chi connectivity index (χ3n) is 5.60. The molecular weight excluding hydrogens is 479 g/mol. The van der Waals surface area contributed by atoms with Gasteiger partial charge in [-0.15, -0.1) is 24.0 Å². The first-order valence-electron chi connectivity index (χ1n) is 10.6. The van der Waals surface area contributed by atoms with Crippen molar-refractivity contribution in [2.45, 2.75) is 26.3 Å². The molecule has 29 heavy (non-hydrogen) atoms. The molecule has 1 aromatic rings. The zero-order chi connectivity index (χ0) is 19.8.